The Hall–Kier alpha value is -4.70. The van der Waals surface area contributed by atoms with Crippen molar-refractivity contribution >= 4 is 21.7 Å². The molecule has 3 aromatic carbocycles. The Morgan fingerprint density at radius 3 is 2.26 bits per heavy atom. The molecule has 6 rings (SSSR count). The number of nitrogen functional groups attached to an aromatic ring is 1. The van der Waals surface area contributed by atoms with Crippen molar-refractivity contribution in [2.24, 2.45) is 0 Å². The SMILES string of the molecule is COc1ccccc1-c1cc(-c2ccc(-n3nc4c(c3C)N(C)S(=O)(=O)c3ccccc3-4)cc2)nc(N)n1. The molecular formula is C28H24N6O3S. The van der Waals surface area contributed by atoms with E-state index in [1.165, 1.54) is 4.31 Å². The number of methoxy groups -OCH3 is 1. The fourth-order valence-corrected chi connectivity index (χ4v) is 6.29. The first kappa shape index (κ1) is 23.7. The first-order valence-electron chi connectivity index (χ1n) is 11.9. The van der Waals surface area contributed by atoms with Crippen molar-refractivity contribution in [2.45, 2.75) is 11.8 Å². The van der Waals surface area contributed by atoms with E-state index in [1.54, 1.807) is 37.0 Å². The zero-order valence-electron chi connectivity index (χ0n) is 21.0. The standard InChI is InChI=1S/C28H24N6O3S/c1-17-27-26(21-9-5-7-11-25(21)38(35,36)33(27)2)32-34(17)19-14-12-18(13-15-19)22-16-23(31-28(29)30-22)20-8-4-6-10-24(20)37-3/h4-16H,1-3H3,(H2,29,30,31). The predicted molar refractivity (Wildman–Crippen MR) is 147 cm³/mol. The Labute approximate surface area is 220 Å². The van der Waals surface area contributed by atoms with Gasteiger partial charge in [-0.1, -0.05) is 42.5 Å². The van der Waals surface area contributed by atoms with Gasteiger partial charge in [-0.25, -0.2) is 23.1 Å². The summed E-state index contributed by atoms with van der Waals surface area (Å²) in [5.74, 6) is 0.851. The Morgan fingerprint density at radius 2 is 1.53 bits per heavy atom. The van der Waals surface area contributed by atoms with E-state index < -0.39 is 10.0 Å². The third-order valence-electron chi connectivity index (χ3n) is 6.71. The number of fused-ring (bicyclic) bond motifs is 3. The van der Waals surface area contributed by atoms with Gasteiger partial charge in [-0.05, 0) is 43.3 Å². The number of rotatable bonds is 4. The van der Waals surface area contributed by atoms with Gasteiger partial charge >= 0.3 is 0 Å². The summed E-state index contributed by atoms with van der Waals surface area (Å²) < 4.78 is 34.8. The minimum absolute atomic E-state index is 0.158. The first-order valence-corrected chi connectivity index (χ1v) is 13.3. The predicted octanol–water partition coefficient (Wildman–Crippen LogP) is 4.70. The highest BCUT2D eigenvalue weighted by Gasteiger charge is 2.36. The summed E-state index contributed by atoms with van der Waals surface area (Å²) >= 11 is 0. The first-order chi connectivity index (χ1) is 18.3. The molecule has 0 saturated heterocycles. The van der Waals surface area contributed by atoms with Crippen LogP contribution in [0.2, 0.25) is 0 Å². The minimum atomic E-state index is -3.66. The molecule has 3 heterocycles. The molecule has 1 aliphatic heterocycles. The fraction of sp³-hybridized carbons (Fsp3) is 0.107. The molecule has 0 radical (unpaired) electrons. The van der Waals surface area contributed by atoms with Crippen molar-refractivity contribution in [1.82, 2.24) is 19.7 Å². The summed E-state index contributed by atoms with van der Waals surface area (Å²) in [5.41, 5.74) is 12.4. The summed E-state index contributed by atoms with van der Waals surface area (Å²) in [5, 5.41) is 4.82. The largest absolute Gasteiger partial charge is 0.496 e. The second kappa shape index (κ2) is 8.70. The van der Waals surface area contributed by atoms with Gasteiger partial charge in [0.2, 0.25) is 5.95 Å². The van der Waals surface area contributed by atoms with Crippen LogP contribution >= 0.6 is 0 Å². The van der Waals surface area contributed by atoms with Gasteiger partial charge in [0.05, 0.1) is 34.8 Å². The maximum absolute atomic E-state index is 13.1. The average Bonchev–Trinajstić information content (AvgIpc) is 3.28. The van der Waals surface area contributed by atoms with E-state index in [1.807, 2.05) is 67.6 Å². The van der Waals surface area contributed by atoms with Crippen molar-refractivity contribution < 1.29 is 13.2 Å². The number of nitrogens with two attached hydrogens (primary N) is 1. The van der Waals surface area contributed by atoms with E-state index in [-0.39, 0.29) is 10.8 Å². The van der Waals surface area contributed by atoms with Crippen LogP contribution in [0, 0.1) is 6.92 Å². The number of ether oxygens (including phenoxy) is 1. The molecule has 5 aromatic rings. The van der Waals surface area contributed by atoms with Gasteiger partial charge in [0.25, 0.3) is 10.0 Å². The Balaban J connectivity index is 1.41. The summed E-state index contributed by atoms with van der Waals surface area (Å²) in [6.45, 7) is 1.87. The second-order valence-electron chi connectivity index (χ2n) is 8.91. The summed E-state index contributed by atoms with van der Waals surface area (Å²) in [4.78, 5) is 9.10. The molecule has 0 aliphatic carbocycles. The number of hydrogen-bond acceptors (Lipinski definition) is 7. The molecule has 0 atom stereocenters. The molecule has 0 saturated carbocycles. The van der Waals surface area contributed by atoms with Crippen LogP contribution in [0.4, 0.5) is 11.6 Å². The maximum atomic E-state index is 13.1. The van der Waals surface area contributed by atoms with Crippen LogP contribution in [0.25, 0.3) is 39.5 Å². The van der Waals surface area contributed by atoms with Crippen LogP contribution in [-0.2, 0) is 10.0 Å². The van der Waals surface area contributed by atoms with Gasteiger partial charge in [-0.3, -0.25) is 4.31 Å². The van der Waals surface area contributed by atoms with Crippen LogP contribution in [0.1, 0.15) is 5.69 Å². The second-order valence-corrected chi connectivity index (χ2v) is 10.8. The van der Waals surface area contributed by atoms with Crippen molar-refractivity contribution in [2.75, 3.05) is 24.2 Å². The molecule has 2 N–H and O–H groups in total. The maximum Gasteiger partial charge on any atom is 0.264 e. The molecule has 38 heavy (non-hydrogen) atoms. The van der Waals surface area contributed by atoms with Gasteiger partial charge in [0.15, 0.2) is 0 Å². The zero-order chi connectivity index (χ0) is 26.6. The lowest BCUT2D eigenvalue weighted by Gasteiger charge is -2.26. The zero-order valence-corrected chi connectivity index (χ0v) is 21.8. The number of aromatic nitrogens is 4. The molecule has 9 nitrogen and oxygen atoms in total. The molecule has 1 aliphatic rings. The lowest BCUT2D eigenvalue weighted by molar-refractivity contribution is 0.416. The molecule has 0 bridgehead atoms. The number of sulfonamides is 1. The van der Waals surface area contributed by atoms with Crippen molar-refractivity contribution in [3.05, 3.63) is 84.6 Å². The van der Waals surface area contributed by atoms with Gasteiger partial charge in [-0.15, -0.1) is 0 Å². The smallest absolute Gasteiger partial charge is 0.264 e. The highest BCUT2D eigenvalue weighted by Crippen LogP contribution is 2.44. The highest BCUT2D eigenvalue weighted by atomic mass is 32.2. The van der Waals surface area contributed by atoms with Gasteiger partial charge in [0.1, 0.15) is 17.1 Å². The lowest BCUT2D eigenvalue weighted by Crippen LogP contribution is -2.30. The average molecular weight is 525 g/mol. The summed E-state index contributed by atoms with van der Waals surface area (Å²) in [6, 6.07) is 24.1. The number of hydrogen-bond donors (Lipinski definition) is 1. The number of benzene rings is 3. The normalized spacial score (nSPS) is 13.6. The van der Waals surface area contributed by atoms with Crippen LogP contribution < -0.4 is 14.8 Å². The monoisotopic (exact) mass is 524 g/mol. The molecular weight excluding hydrogens is 500 g/mol. The Bertz CT molecular complexity index is 1810. The fourth-order valence-electron chi connectivity index (χ4n) is 4.84. The number of nitrogens with zero attached hydrogens (tertiary/aromatic N) is 5. The highest BCUT2D eigenvalue weighted by molar-refractivity contribution is 7.93. The topological polar surface area (TPSA) is 116 Å². The van der Waals surface area contributed by atoms with Gasteiger partial charge in [0, 0.05) is 23.7 Å². The lowest BCUT2D eigenvalue weighted by atomic mass is 10.1. The molecule has 2 aromatic heterocycles. The van der Waals surface area contributed by atoms with Gasteiger partial charge in [-0.2, -0.15) is 5.10 Å². The minimum Gasteiger partial charge on any atom is -0.496 e. The number of anilines is 2. The summed E-state index contributed by atoms with van der Waals surface area (Å²) in [6.07, 6.45) is 0. The van der Waals surface area contributed by atoms with Gasteiger partial charge < -0.3 is 10.5 Å². The van der Waals surface area contributed by atoms with Crippen LogP contribution in [0.5, 0.6) is 5.75 Å². The Morgan fingerprint density at radius 1 is 0.868 bits per heavy atom. The van der Waals surface area contributed by atoms with Crippen molar-refractivity contribution in [1.29, 1.82) is 0 Å². The van der Waals surface area contributed by atoms with E-state index in [0.717, 1.165) is 22.5 Å². The molecule has 10 heteroatoms. The van der Waals surface area contributed by atoms with Crippen molar-refractivity contribution in [3.8, 4) is 45.2 Å². The Kier molecular flexibility index (Phi) is 5.42. The van der Waals surface area contributed by atoms with E-state index in [2.05, 4.69) is 9.97 Å². The van der Waals surface area contributed by atoms with Crippen LogP contribution in [-0.4, -0.2) is 42.3 Å². The molecule has 0 spiro atoms. The molecule has 0 unspecified atom stereocenters. The van der Waals surface area contributed by atoms with E-state index in [9.17, 15) is 8.42 Å². The van der Waals surface area contributed by atoms with Crippen molar-refractivity contribution in [3.63, 3.8) is 0 Å². The molecule has 0 amide bonds. The van der Waals surface area contributed by atoms with E-state index in [0.29, 0.717) is 34.1 Å². The quantitative estimate of drug-likeness (QED) is 0.362. The van der Waals surface area contributed by atoms with E-state index in [4.69, 9.17) is 15.6 Å². The third-order valence-corrected chi connectivity index (χ3v) is 8.53. The van der Waals surface area contributed by atoms with Crippen LogP contribution in [0.15, 0.2) is 83.8 Å². The molecule has 0 fully saturated rings. The third kappa shape index (κ3) is 3.60. The van der Waals surface area contributed by atoms with Crippen LogP contribution in [0.3, 0.4) is 0 Å². The van der Waals surface area contributed by atoms with E-state index >= 15 is 0 Å². The summed E-state index contributed by atoms with van der Waals surface area (Å²) in [7, 11) is -0.484. The number of para-hydroxylation sites is 1. The molecule has 190 valence electrons.